The van der Waals surface area contributed by atoms with Gasteiger partial charge in [0.25, 0.3) is 0 Å². The number of carbonyl (C=O) groups excluding carboxylic acids is 2. The number of ether oxygens (including phenoxy) is 3. The number of methoxy groups -OCH3 is 3. The van der Waals surface area contributed by atoms with Gasteiger partial charge in [0.15, 0.2) is 11.5 Å². The summed E-state index contributed by atoms with van der Waals surface area (Å²) in [7, 11) is 4.84. The van der Waals surface area contributed by atoms with Crippen molar-refractivity contribution in [2.45, 2.75) is 25.4 Å². The van der Waals surface area contributed by atoms with Gasteiger partial charge in [-0.25, -0.2) is 0 Å². The molecular weight excluding hydrogens is 528 g/mol. The Morgan fingerprint density at radius 2 is 1.62 bits per heavy atom. The van der Waals surface area contributed by atoms with Gasteiger partial charge in [0.05, 0.1) is 27.4 Å². The van der Waals surface area contributed by atoms with Crippen LogP contribution in [0.2, 0.25) is 0 Å². The summed E-state index contributed by atoms with van der Waals surface area (Å²) in [5, 5.41) is 7.74. The number of thiophene rings is 1. The molecule has 1 aromatic heterocycles. The monoisotopic (exact) mass is 566 g/mol. The molecule has 9 nitrogen and oxygen atoms in total. The smallest absolute Gasteiger partial charge is 0.309 e. The van der Waals surface area contributed by atoms with Gasteiger partial charge in [0, 0.05) is 49.3 Å². The van der Waals surface area contributed by atoms with Gasteiger partial charge in [-0.05, 0) is 66.8 Å². The van der Waals surface area contributed by atoms with E-state index in [1.54, 1.807) is 32.7 Å². The molecule has 1 aliphatic heterocycles. The third-order valence-electron chi connectivity index (χ3n) is 7.17. The highest BCUT2D eigenvalue weighted by atomic mass is 32.1. The molecule has 214 valence electrons. The number of nitrogens with zero attached hydrogens (tertiary/aromatic N) is 2. The number of nitrogens with one attached hydrogen (secondary N) is 2. The summed E-state index contributed by atoms with van der Waals surface area (Å²) in [5.74, 6) is 0.850. The lowest BCUT2D eigenvalue weighted by Crippen LogP contribution is -2.53. The second kappa shape index (κ2) is 14.0. The second-order valence-electron chi connectivity index (χ2n) is 9.64. The molecular formula is C30H38N4O5S. The molecule has 0 bridgehead atoms. The maximum absolute atomic E-state index is 12.8. The van der Waals surface area contributed by atoms with Crippen LogP contribution >= 0.6 is 11.3 Å². The van der Waals surface area contributed by atoms with Gasteiger partial charge in [0.1, 0.15) is 5.75 Å². The molecule has 0 radical (unpaired) electrons. The molecule has 1 aliphatic rings. The van der Waals surface area contributed by atoms with E-state index in [1.807, 2.05) is 48.7 Å². The minimum absolute atomic E-state index is 0.0264. The van der Waals surface area contributed by atoms with E-state index in [0.717, 1.165) is 37.5 Å². The Balaban J connectivity index is 1.31. The largest absolute Gasteiger partial charge is 0.497 e. The third-order valence-corrected chi connectivity index (χ3v) is 8.11. The number of carbonyl (C=O) groups is 2. The first kappa shape index (κ1) is 29.2. The van der Waals surface area contributed by atoms with Crippen molar-refractivity contribution < 1.29 is 23.8 Å². The van der Waals surface area contributed by atoms with E-state index in [9.17, 15) is 9.59 Å². The van der Waals surface area contributed by atoms with Gasteiger partial charge in [-0.15, -0.1) is 11.3 Å². The molecule has 2 unspecified atom stereocenters. The van der Waals surface area contributed by atoms with Gasteiger partial charge in [0.2, 0.25) is 0 Å². The minimum Gasteiger partial charge on any atom is -0.497 e. The second-order valence-corrected chi connectivity index (χ2v) is 10.6. The van der Waals surface area contributed by atoms with Crippen LogP contribution in [0.15, 0.2) is 60.0 Å². The molecule has 0 spiro atoms. The van der Waals surface area contributed by atoms with E-state index in [2.05, 4.69) is 38.6 Å². The van der Waals surface area contributed by atoms with Crippen LogP contribution in [0.25, 0.3) is 0 Å². The number of hydrogen-bond acceptors (Lipinski definition) is 8. The Kier molecular flexibility index (Phi) is 10.3. The zero-order valence-corrected chi connectivity index (χ0v) is 24.3. The van der Waals surface area contributed by atoms with Crippen molar-refractivity contribution in [3.05, 3.63) is 70.4 Å². The fraction of sp³-hybridized carbons (Fsp3) is 0.400. The summed E-state index contributed by atoms with van der Waals surface area (Å²) in [6, 6.07) is 17.6. The number of anilines is 1. The predicted octanol–water partition coefficient (Wildman–Crippen LogP) is 3.50. The molecule has 1 fully saturated rings. The third kappa shape index (κ3) is 7.25. The highest BCUT2D eigenvalue weighted by molar-refractivity contribution is 7.10. The highest BCUT2D eigenvalue weighted by Crippen LogP contribution is 2.31. The number of rotatable bonds is 11. The Morgan fingerprint density at radius 3 is 2.25 bits per heavy atom. The molecule has 2 amide bonds. The van der Waals surface area contributed by atoms with E-state index in [4.69, 9.17) is 14.2 Å². The maximum Gasteiger partial charge on any atom is 0.309 e. The molecule has 2 heterocycles. The normalized spacial score (nSPS) is 15.2. The van der Waals surface area contributed by atoms with Crippen LogP contribution in [0.5, 0.6) is 17.2 Å². The Bertz CT molecular complexity index is 1240. The van der Waals surface area contributed by atoms with Crippen LogP contribution in [0.3, 0.4) is 0 Å². The van der Waals surface area contributed by atoms with Crippen LogP contribution < -0.4 is 29.7 Å². The van der Waals surface area contributed by atoms with Crippen molar-refractivity contribution in [2.24, 2.45) is 0 Å². The molecule has 10 heteroatoms. The summed E-state index contributed by atoms with van der Waals surface area (Å²) >= 11 is 1.67. The van der Waals surface area contributed by atoms with Crippen LogP contribution in [0.4, 0.5) is 5.69 Å². The molecule has 0 aliphatic carbocycles. The van der Waals surface area contributed by atoms with Gasteiger partial charge >= 0.3 is 11.8 Å². The molecule has 40 heavy (non-hydrogen) atoms. The van der Waals surface area contributed by atoms with Gasteiger partial charge in [-0.2, -0.15) is 0 Å². The summed E-state index contributed by atoms with van der Waals surface area (Å²) in [5.41, 5.74) is 2.14. The van der Waals surface area contributed by atoms with Gasteiger partial charge in [-0.1, -0.05) is 12.1 Å². The molecule has 2 aromatic carbocycles. The average molecular weight is 567 g/mol. The van der Waals surface area contributed by atoms with Gasteiger partial charge in [-0.3, -0.25) is 14.5 Å². The van der Waals surface area contributed by atoms with Crippen LogP contribution in [-0.2, 0) is 16.0 Å². The summed E-state index contributed by atoms with van der Waals surface area (Å²) in [6.45, 7) is 5.71. The van der Waals surface area contributed by atoms with Crippen LogP contribution in [0, 0.1) is 0 Å². The predicted molar refractivity (Wildman–Crippen MR) is 158 cm³/mol. The summed E-state index contributed by atoms with van der Waals surface area (Å²) < 4.78 is 15.9. The fourth-order valence-electron chi connectivity index (χ4n) is 5.04. The van der Waals surface area contributed by atoms with Crippen molar-refractivity contribution in [1.29, 1.82) is 0 Å². The number of amides is 2. The first-order chi connectivity index (χ1) is 19.4. The number of hydrogen-bond donors (Lipinski definition) is 2. The van der Waals surface area contributed by atoms with Gasteiger partial charge < -0.3 is 29.7 Å². The van der Waals surface area contributed by atoms with E-state index in [-0.39, 0.29) is 12.1 Å². The van der Waals surface area contributed by atoms with Crippen molar-refractivity contribution in [3.8, 4) is 17.2 Å². The lowest BCUT2D eigenvalue weighted by Gasteiger charge is -2.42. The quantitative estimate of drug-likeness (QED) is 0.343. The first-order valence-corrected chi connectivity index (χ1v) is 14.3. The van der Waals surface area contributed by atoms with Crippen LogP contribution in [-0.4, -0.2) is 76.8 Å². The van der Waals surface area contributed by atoms with E-state index in [0.29, 0.717) is 24.5 Å². The number of piperazine rings is 1. The zero-order chi connectivity index (χ0) is 28.5. The van der Waals surface area contributed by atoms with Crippen molar-refractivity contribution in [3.63, 3.8) is 0 Å². The highest BCUT2D eigenvalue weighted by Gasteiger charge is 2.32. The molecule has 0 saturated carbocycles. The average Bonchev–Trinajstić information content (AvgIpc) is 3.52. The zero-order valence-electron chi connectivity index (χ0n) is 23.5. The lowest BCUT2D eigenvalue weighted by atomic mass is 10.0. The van der Waals surface area contributed by atoms with Crippen molar-refractivity contribution >= 4 is 28.8 Å². The Hall–Kier alpha value is -3.76. The molecule has 3 aromatic rings. The molecule has 2 N–H and O–H groups in total. The van der Waals surface area contributed by atoms with E-state index in [1.165, 1.54) is 10.6 Å². The minimum atomic E-state index is -0.637. The topological polar surface area (TPSA) is 92.4 Å². The summed E-state index contributed by atoms with van der Waals surface area (Å²) in [6.07, 6.45) is 0.561. The molecule has 1 saturated heterocycles. The van der Waals surface area contributed by atoms with Crippen molar-refractivity contribution in [2.75, 3.05) is 59.0 Å². The summed E-state index contributed by atoms with van der Waals surface area (Å²) in [4.78, 5) is 31.4. The van der Waals surface area contributed by atoms with E-state index >= 15 is 0 Å². The fourth-order valence-corrected chi connectivity index (χ4v) is 6.01. The Labute approximate surface area is 240 Å². The van der Waals surface area contributed by atoms with Crippen molar-refractivity contribution in [1.82, 2.24) is 15.5 Å². The Morgan fingerprint density at radius 1 is 0.900 bits per heavy atom. The maximum atomic E-state index is 12.8. The number of benzene rings is 2. The SMILES string of the molecule is COc1ccc(N2CCN(C(c3cccs3)C(C)NC(=O)C(=O)NCCc3ccc(OC)c(OC)c3)CC2)cc1. The molecule has 2 atom stereocenters. The lowest BCUT2D eigenvalue weighted by molar-refractivity contribution is -0.139. The standard InChI is InChI=1S/C30H38N4O5S/c1-21(32-30(36)29(35)31-14-13-22-7-12-25(38-3)26(20-22)39-4)28(27-6-5-19-40-27)34-17-15-33(16-18-34)23-8-10-24(37-2)11-9-23/h5-12,19-21,28H,13-18H2,1-4H3,(H,31,35)(H,32,36). The van der Waals surface area contributed by atoms with Crippen LogP contribution in [0.1, 0.15) is 23.4 Å². The van der Waals surface area contributed by atoms with E-state index < -0.39 is 11.8 Å². The molecule has 4 rings (SSSR count). The first-order valence-electron chi connectivity index (χ1n) is 13.4.